The number of Topliss-reactive ketones (excluding diaryl/α,β-unsaturated/α-hetero) is 1. The van der Waals surface area contributed by atoms with E-state index in [2.05, 4.69) is 0 Å². The van der Waals surface area contributed by atoms with E-state index in [1.54, 1.807) is 18.2 Å². The van der Waals surface area contributed by atoms with Gasteiger partial charge in [-0.3, -0.25) is 4.79 Å². The minimum Gasteiger partial charge on any atom is -0.488 e. The lowest BCUT2D eigenvalue weighted by molar-refractivity contribution is 0.101. The molecule has 0 aliphatic carbocycles. The molecule has 4 heteroatoms. The molecular formula is C16H14F2O2. The smallest absolute Gasteiger partial charge is 0.165 e. The first-order valence-corrected chi connectivity index (χ1v) is 6.16. The zero-order valence-electron chi connectivity index (χ0n) is 11.2. The minimum absolute atomic E-state index is 0.112. The van der Waals surface area contributed by atoms with E-state index < -0.39 is 11.6 Å². The van der Waals surface area contributed by atoms with Crippen LogP contribution in [0.4, 0.5) is 8.78 Å². The van der Waals surface area contributed by atoms with Crippen LogP contribution < -0.4 is 4.74 Å². The molecule has 0 aliphatic rings. The fourth-order valence-corrected chi connectivity index (χ4v) is 1.86. The lowest BCUT2D eigenvalue weighted by atomic mass is 10.1. The second-order valence-electron chi connectivity index (χ2n) is 4.56. The van der Waals surface area contributed by atoms with Gasteiger partial charge in [0.1, 0.15) is 12.4 Å². The maximum Gasteiger partial charge on any atom is 0.165 e. The highest BCUT2D eigenvalue weighted by Crippen LogP contribution is 2.23. The number of aryl methyl sites for hydroxylation is 1. The van der Waals surface area contributed by atoms with Gasteiger partial charge in [-0.2, -0.15) is 0 Å². The third-order valence-electron chi connectivity index (χ3n) is 2.93. The fourth-order valence-electron chi connectivity index (χ4n) is 1.86. The summed E-state index contributed by atoms with van der Waals surface area (Å²) in [7, 11) is 0. The third kappa shape index (κ3) is 3.02. The summed E-state index contributed by atoms with van der Waals surface area (Å²) in [6.45, 7) is 3.16. The number of rotatable bonds is 4. The van der Waals surface area contributed by atoms with Crippen LogP contribution in [0, 0.1) is 18.6 Å². The highest BCUT2D eigenvalue weighted by molar-refractivity contribution is 5.96. The number of ketones is 1. The Morgan fingerprint density at radius 2 is 1.95 bits per heavy atom. The molecule has 20 heavy (non-hydrogen) atoms. The molecule has 0 aromatic heterocycles. The second kappa shape index (κ2) is 5.82. The summed E-state index contributed by atoms with van der Waals surface area (Å²) in [6, 6.07) is 9.07. The van der Waals surface area contributed by atoms with Gasteiger partial charge in [0, 0.05) is 5.56 Å². The normalized spacial score (nSPS) is 10.4. The summed E-state index contributed by atoms with van der Waals surface area (Å²) in [6.07, 6.45) is 0. The highest BCUT2D eigenvalue weighted by atomic mass is 19.2. The summed E-state index contributed by atoms with van der Waals surface area (Å²) in [5.74, 6) is -1.60. The van der Waals surface area contributed by atoms with E-state index in [4.69, 9.17) is 4.74 Å². The van der Waals surface area contributed by atoms with Crippen molar-refractivity contribution in [2.24, 2.45) is 0 Å². The summed E-state index contributed by atoms with van der Waals surface area (Å²) in [4.78, 5) is 11.5. The van der Waals surface area contributed by atoms with E-state index in [1.165, 1.54) is 19.1 Å². The first kappa shape index (κ1) is 14.2. The number of hydrogen-bond acceptors (Lipinski definition) is 2. The second-order valence-corrected chi connectivity index (χ2v) is 4.56. The zero-order chi connectivity index (χ0) is 14.7. The Hall–Kier alpha value is -2.23. The van der Waals surface area contributed by atoms with Gasteiger partial charge in [-0.1, -0.05) is 18.2 Å². The van der Waals surface area contributed by atoms with Gasteiger partial charge in [-0.25, -0.2) is 8.78 Å². The molecule has 0 saturated heterocycles. The van der Waals surface area contributed by atoms with Crippen molar-refractivity contribution >= 4 is 5.78 Å². The highest BCUT2D eigenvalue weighted by Gasteiger charge is 2.12. The third-order valence-corrected chi connectivity index (χ3v) is 2.93. The molecule has 104 valence electrons. The van der Waals surface area contributed by atoms with E-state index in [0.717, 1.165) is 11.6 Å². The van der Waals surface area contributed by atoms with Crippen molar-refractivity contribution in [3.8, 4) is 5.75 Å². The molecule has 0 N–H and O–H groups in total. The van der Waals surface area contributed by atoms with E-state index in [1.807, 2.05) is 6.92 Å². The summed E-state index contributed by atoms with van der Waals surface area (Å²) in [5, 5.41) is 0. The lowest BCUT2D eigenvalue weighted by Crippen LogP contribution is -2.04. The van der Waals surface area contributed by atoms with Crippen LogP contribution >= 0.6 is 0 Å². The van der Waals surface area contributed by atoms with Gasteiger partial charge < -0.3 is 4.74 Å². The van der Waals surface area contributed by atoms with Gasteiger partial charge in [0.2, 0.25) is 0 Å². The Morgan fingerprint density at radius 3 is 2.65 bits per heavy atom. The van der Waals surface area contributed by atoms with E-state index in [0.29, 0.717) is 11.3 Å². The summed E-state index contributed by atoms with van der Waals surface area (Å²) >= 11 is 0. The van der Waals surface area contributed by atoms with Crippen LogP contribution in [0.3, 0.4) is 0 Å². The molecule has 0 amide bonds. The van der Waals surface area contributed by atoms with Crippen LogP contribution in [0.25, 0.3) is 0 Å². The number of carbonyl (C=O) groups is 1. The molecule has 0 saturated carbocycles. The molecule has 0 atom stereocenters. The monoisotopic (exact) mass is 276 g/mol. The Balaban J connectivity index is 2.24. The molecule has 0 spiro atoms. The molecule has 2 nitrogen and oxygen atoms in total. The van der Waals surface area contributed by atoms with Crippen LogP contribution in [0.1, 0.15) is 28.4 Å². The van der Waals surface area contributed by atoms with Crippen molar-refractivity contribution < 1.29 is 18.3 Å². The molecule has 0 radical (unpaired) electrons. The van der Waals surface area contributed by atoms with Gasteiger partial charge in [-0.15, -0.1) is 0 Å². The van der Waals surface area contributed by atoms with Gasteiger partial charge in [0.25, 0.3) is 0 Å². The van der Waals surface area contributed by atoms with Crippen LogP contribution in [-0.2, 0) is 6.61 Å². The van der Waals surface area contributed by atoms with Crippen LogP contribution in [-0.4, -0.2) is 5.78 Å². The number of halogens is 2. The van der Waals surface area contributed by atoms with Gasteiger partial charge in [-0.05, 0) is 37.6 Å². The molecular weight excluding hydrogens is 262 g/mol. The van der Waals surface area contributed by atoms with Gasteiger partial charge in [0.15, 0.2) is 17.4 Å². The molecule has 2 aromatic rings. The van der Waals surface area contributed by atoms with Crippen molar-refractivity contribution in [3.05, 3.63) is 64.7 Å². The van der Waals surface area contributed by atoms with Gasteiger partial charge in [0.05, 0.1) is 5.56 Å². The summed E-state index contributed by atoms with van der Waals surface area (Å²) < 4.78 is 32.1. The van der Waals surface area contributed by atoms with Crippen molar-refractivity contribution in [1.82, 2.24) is 0 Å². The van der Waals surface area contributed by atoms with Crippen molar-refractivity contribution in [2.45, 2.75) is 20.5 Å². The largest absolute Gasteiger partial charge is 0.488 e. The van der Waals surface area contributed by atoms with Crippen molar-refractivity contribution in [2.75, 3.05) is 0 Å². The first-order chi connectivity index (χ1) is 9.49. The summed E-state index contributed by atoms with van der Waals surface area (Å²) in [5.41, 5.74) is 1.46. The Morgan fingerprint density at radius 1 is 1.20 bits per heavy atom. The molecule has 0 fully saturated rings. The van der Waals surface area contributed by atoms with E-state index >= 15 is 0 Å². The van der Waals surface area contributed by atoms with Crippen LogP contribution in [0.2, 0.25) is 0 Å². The first-order valence-electron chi connectivity index (χ1n) is 6.16. The zero-order valence-corrected chi connectivity index (χ0v) is 11.2. The predicted octanol–water partition coefficient (Wildman–Crippen LogP) is 4.05. The maximum atomic E-state index is 13.5. The number of benzene rings is 2. The average molecular weight is 276 g/mol. The SMILES string of the molecule is CC(=O)c1ccc(C)cc1OCc1cccc(F)c1F. The van der Waals surface area contributed by atoms with Crippen molar-refractivity contribution in [3.63, 3.8) is 0 Å². The standard InChI is InChI=1S/C16H14F2O2/c1-10-6-7-13(11(2)19)15(8-10)20-9-12-4-3-5-14(17)16(12)18/h3-8H,9H2,1-2H3. The van der Waals surface area contributed by atoms with Crippen LogP contribution in [0.15, 0.2) is 36.4 Å². The maximum absolute atomic E-state index is 13.5. The molecule has 0 heterocycles. The number of hydrogen-bond donors (Lipinski definition) is 0. The van der Waals surface area contributed by atoms with E-state index in [9.17, 15) is 13.6 Å². The molecule has 0 bridgehead atoms. The fraction of sp³-hybridized carbons (Fsp3) is 0.188. The van der Waals surface area contributed by atoms with Crippen molar-refractivity contribution in [1.29, 1.82) is 0 Å². The quantitative estimate of drug-likeness (QED) is 0.787. The van der Waals surface area contributed by atoms with E-state index in [-0.39, 0.29) is 18.0 Å². The minimum atomic E-state index is -0.926. The Bertz CT molecular complexity index is 651. The molecule has 0 unspecified atom stereocenters. The Labute approximate surface area is 116 Å². The predicted molar refractivity (Wildman–Crippen MR) is 71.9 cm³/mol. The topological polar surface area (TPSA) is 26.3 Å². The lowest BCUT2D eigenvalue weighted by Gasteiger charge is -2.11. The molecule has 2 rings (SSSR count). The Kier molecular flexibility index (Phi) is 4.13. The molecule has 0 aliphatic heterocycles. The molecule has 2 aromatic carbocycles. The van der Waals surface area contributed by atoms with Gasteiger partial charge >= 0.3 is 0 Å². The number of carbonyl (C=O) groups excluding carboxylic acids is 1. The average Bonchev–Trinajstić information content (AvgIpc) is 2.40. The van der Waals surface area contributed by atoms with Crippen LogP contribution in [0.5, 0.6) is 5.75 Å². The number of ether oxygens (including phenoxy) is 1.